The average molecular weight is 170 g/mol. The van der Waals surface area contributed by atoms with E-state index in [0.29, 0.717) is 5.92 Å². The van der Waals surface area contributed by atoms with Crippen LogP contribution in [0.2, 0.25) is 0 Å². The Kier molecular flexibility index (Phi) is 3.27. The van der Waals surface area contributed by atoms with Gasteiger partial charge < -0.3 is 9.53 Å². The van der Waals surface area contributed by atoms with Gasteiger partial charge in [0.15, 0.2) is 6.29 Å². The maximum Gasteiger partial charge on any atom is 0.151 e. The quantitative estimate of drug-likeness (QED) is 0.604. The van der Waals surface area contributed by atoms with Crippen LogP contribution in [0.25, 0.3) is 0 Å². The summed E-state index contributed by atoms with van der Waals surface area (Å²) in [4.78, 5) is 10.8. The molecule has 1 aliphatic heterocycles. The largest absolute Gasteiger partial charge is 0.368 e. The number of ether oxygens (including phenoxy) is 1. The van der Waals surface area contributed by atoms with Gasteiger partial charge in [-0.2, -0.15) is 0 Å². The van der Waals surface area contributed by atoms with Crippen molar-refractivity contribution in [3.8, 4) is 0 Å². The minimum Gasteiger partial charge on any atom is -0.368 e. The summed E-state index contributed by atoms with van der Waals surface area (Å²) in [5.74, 6) is 0.658. The van der Waals surface area contributed by atoms with Crippen LogP contribution in [0.15, 0.2) is 0 Å². The standard InChI is InChI=1S/C10H18O2/c1-9(2)4-6-10(8-11)5-3-7-12-10/h8-9H,3-7H2,1-2H3. The van der Waals surface area contributed by atoms with E-state index in [1.165, 1.54) is 0 Å². The maximum absolute atomic E-state index is 10.8. The molecule has 0 saturated carbocycles. The molecule has 1 unspecified atom stereocenters. The van der Waals surface area contributed by atoms with Crippen molar-refractivity contribution in [3.05, 3.63) is 0 Å². The molecule has 12 heavy (non-hydrogen) atoms. The number of rotatable bonds is 4. The number of hydrogen-bond acceptors (Lipinski definition) is 2. The molecular formula is C10H18O2. The Balaban J connectivity index is 2.39. The van der Waals surface area contributed by atoms with Crippen molar-refractivity contribution in [1.29, 1.82) is 0 Å². The van der Waals surface area contributed by atoms with Gasteiger partial charge in [-0.1, -0.05) is 13.8 Å². The van der Waals surface area contributed by atoms with Crippen LogP contribution < -0.4 is 0 Å². The first-order valence-electron chi connectivity index (χ1n) is 4.79. The van der Waals surface area contributed by atoms with Crippen LogP contribution >= 0.6 is 0 Å². The van der Waals surface area contributed by atoms with Crippen LogP contribution in [0, 0.1) is 5.92 Å². The van der Waals surface area contributed by atoms with E-state index >= 15 is 0 Å². The monoisotopic (exact) mass is 170 g/mol. The van der Waals surface area contributed by atoms with Crippen molar-refractivity contribution in [1.82, 2.24) is 0 Å². The molecule has 0 bridgehead atoms. The van der Waals surface area contributed by atoms with Gasteiger partial charge in [0, 0.05) is 6.61 Å². The summed E-state index contributed by atoms with van der Waals surface area (Å²) in [5.41, 5.74) is -0.412. The van der Waals surface area contributed by atoms with Crippen molar-refractivity contribution >= 4 is 6.29 Å². The molecule has 70 valence electrons. The topological polar surface area (TPSA) is 26.3 Å². The number of carbonyl (C=O) groups excluding carboxylic acids is 1. The van der Waals surface area contributed by atoms with Gasteiger partial charge in [-0.25, -0.2) is 0 Å². The summed E-state index contributed by atoms with van der Waals surface area (Å²) in [6.07, 6.45) is 4.94. The van der Waals surface area contributed by atoms with E-state index in [-0.39, 0.29) is 0 Å². The lowest BCUT2D eigenvalue weighted by Gasteiger charge is -2.21. The molecule has 1 saturated heterocycles. The van der Waals surface area contributed by atoms with Crippen molar-refractivity contribution < 1.29 is 9.53 Å². The lowest BCUT2D eigenvalue weighted by Crippen LogP contribution is -2.29. The minimum absolute atomic E-state index is 0.412. The van der Waals surface area contributed by atoms with Gasteiger partial charge in [0.1, 0.15) is 5.60 Å². The molecule has 0 aliphatic carbocycles. The Morgan fingerprint density at radius 3 is 2.75 bits per heavy atom. The molecule has 0 aromatic carbocycles. The molecule has 2 nitrogen and oxygen atoms in total. The van der Waals surface area contributed by atoms with Crippen molar-refractivity contribution in [2.24, 2.45) is 5.92 Å². The van der Waals surface area contributed by atoms with Crippen LogP contribution in [-0.4, -0.2) is 18.5 Å². The van der Waals surface area contributed by atoms with E-state index in [1.807, 2.05) is 0 Å². The lowest BCUT2D eigenvalue weighted by atomic mass is 9.92. The van der Waals surface area contributed by atoms with E-state index in [0.717, 1.165) is 38.6 Å². The van der Waals surface area contributed by atoms with Crippen molar-refractivity contribution in [3.63, 3.8) is 0 Å². The first kappa shape index (κ1) is 9.72. The van der Waals surface area contributed by atoms with E-state index < -0.39 is 5.60 Å². The van der Waals surface area contributed by atoms with E-state index in [2.05, 4.69) is 13.8 Å². The van der Waals surface area contributed by atoms with Crippen molar-refractivity contribution in [2.45, 2.75) is 45.1 Å². The van der Waals surface area contributed by atoms with Crippen LogP contribution in [0.4, 0.5) is 0 Å². The molecule has 1 rings (SSSR count). The Bertz CT molecular complexity index is 146. The van der Waals surface area contributed by atoms with Gasteiger partial charge in [-0.05, 0) is 31.6 Å². The first-order chi connectivity index (χ1) is 5.68. The fourth-order valence-corrected chi connectivity index (χ4v) is 1.60. The Hall–Kier alpha value is -0.370. The molecule has 1 aliphatic rings. The second kappa shape index (κ2) is 4.04. The molecule has 0 aromatic heterocycles. The molecule has 0 aromatic rings. The summed E-state index contributed by atoms with van der Waals surface area (Å²) in [6, 6.07) is 0. The first-order valence-corrected chi connectivity index (χ1v) is 4.79. The predicted octanol–water partition coefficient (Wildman–Crippen LogP) is 2.17. The average Bonchev–Trinajstić information content (AvgIpc) is 2.50. The zero-order valence-corrected chi connectivity index (χ0v) is 8.01. The molecule has 0 radical (unpaired) electrons. The molecule has 1 atom stereocenters. The molecule has 0 N–H and O–H groups in total. The number of carbonyl (C=O) groups is 1. The zero-order chi connectivity index (χ0) is 9.03. The summed E-state index contributed by atoms with van der Waals surface area (Å²) >= 11 is 0. The molecule has 1 fully saturated rings. The van der Waals surface area contributed by atoms with Gasteiger partial charge in [0.25, 0.3) is 0 Å². The fourth-order valence-electron chi connectivity index (χ4n) is 1.60. The minimum atomic E-state index is -0.412. The third-order valence-electron chi connectivity index (χ3n) is 2.49. The number of hydrogen-bond donors (Lipinski definition) is 0. The second-order valence-corrected chi connectivity index (χ2v) is 4.07. The molecule has 0 amide bonds. The van der Waals surface area contributed by atoms with E-state index in [9.17, 15) is 4.79 Å². The Morgan fingerprint density at radius 2 is 2.33 bits per heavy atom. The molecule has 1 heterocycles. The predicted molar refractivity (Wildman–Crippen MR) is 48.1 cm³/mol. The van der Waals surface area contributed by atoms with Crippen LogP contribution in [0.3, 0.4) is 0 Å². The van der Waals surface area contributed by atoms with Gasteiger partial charge in [-0.15, -0.1) is 0 Å². The maximum atomic E-state index is 10.8. The Morgan fingerprint density at radius 1 is 1.58 bits per heavy atom. The highest BCUT2D eigenvalue weighted by Gasteiger charge is 2.34. The van der Waals surface area contributed by atoms with E-state index in [1.54, 1.807) is 0 Å². The molecular weight excluding hydrogens is 152 g/mol. The number of aldehydes is 1. The smallest absolute Gasteiger partial charge is 0.151 e. The highest BCUT2D eigenvalue weighted by molar-refractivity contribution is 5.62. The van der Waals surface area contributed by atoms with Crippen molar-refractivity contribution in [2.75, 3.05) is 6.61 Å². The lowest BCUT2D eigenvalue weighted by molar-refractivity contribution is -0.126. The molecule has 2 heteroatoms. The van der Waals surface area contributed by atoms with Crippen LogP contribution in [0.1, 0.15) is 39.5 Å². The van der Waals surface area contributed by atoms with Crippen LogP contribution in [0.5, 0.6) is 0 Å². The summed E-state index contributed by atoms with van der Waals surface area (Å²) in [7, 11) is 0. The van der Waals surface area contributed by atoms with Gasteiger partial charge >= 0.3 is 0 Å². The highest BCUT2D eigenvalue weighted by Crippen LogP contribution is 2.29. The van der Waals surface area contributed by atoms with Gasteiger partial charge in [-0.3, -0.25) is 0 Å². The summed E-state index contributed by atoms with van der Waals surface area (Å²) < 4.78 is 5.47. The second-order valence-electron chi connectivity index (χ2n) is 4.07. The summed E-state index contributed by atoms with van der Waals surface area (Å²) in [5, 5.41) is 0. The van der Waals surface area contributed by atoms with Gasteiger partial charge in [0.05, 0.1) is 0 Å². The third kappa shape index (κ3) is 2.31. The molecule has 0 spiro atoms. The van der Waals surface area contributed by atoms with Crippen LogP contribution in [-0.2, 0) is 9.53 Å². The highest BCUT2D eigenvalue weighted by atomic mass is 16.5. The van der Waals surface area contributed by atoms with Gasteiger partial charge in [0.2, 0.25) is 0 Å². The SMILES string of the molecule is CC(C)CCC1(C=O)CCCO1. The Labute approximate surface area is 74.3 Å². The zero-order valence-electron chi connectivity index (χ0n) is 8.01. The van der Waals surface area contributed by atoms with E-state index in [4.69, 9.17) is 4.74 Å². The third-order valence-corrected chi connectivity index (χ3v) is 2.49. The summed E-state index contributed by atoms with van der Waals surface area (Å²) in [6.45, 7) is 5.11. The normalized spacial score (nSPS) is 29.6. The fraction of sp³-hybridized carbons (Fsp3) is 0.900.